The summed E-state index contributed by atoms with van der Waals surface area (Å²) in [6, 6.07) is 0.530. The zero-order valence-corrected chi connectivity index (χ0v) is 14.7. The van der Waals surface area contributed by atoms with Crippen LogP contribution in [0.3, 0.4) is 0 Å². The Morgan fingerprint density at radius 2 is 2.13 bits per heavy atom. The second-order valence-corrected chi connectivity index (χ2v) is 7.69. The molecule has 1 aromatic rings. The SMILES string of the molecule is COC(=O)c1c(NC(=O)C[NH+]2CCCC[C@@H]2C)sc2c1CCC2. The molecule has 2 heterocycles. The Morgan fingerprint density at radius 3 is 2.87 bits per heavy atom. The number of amides is 1. The number of nitrogens with one attached hydrogen (secondary N) is 2. The number of methoxy groups -OCH3 is 1. The summed E-state index contributed by atoms with van der Waals surface area (Å²) in [7, 11) is 1.40. The topological polar surface area (TPSA) is 59.8 Å². The minimum absolute atomic E-state index is 0.00109. The van der Waals surface area contributed by atoms with E-state index in [1.54, 1.807) is 11.3 Å². The van der Waals surface area contributed by atoms with Gasteiger partial charge >= 0.3 is 5.97 Å². The van der Waals surface area contributed by atoms with Gasteiger partial charge in [-0.3, -0.25) is 4.79 Å². The molecule has 1 amide bonds. The van der Waals surface area contributed by atoms with Crippen molar-refractivity contribution in [3.63, 3.8) is 0 Å². The van der Waals surface area contributed by atoms with Gasteiger partial charge in [0.2, 0.25) is 0 Å². The molecule has 0 aromatic carbocycles. The van der Waals surface area contributed by atoms with E-state index in [9.17, 15) is 9.59 Å². The Labute approximate surface area is 141 Å². The van der Waals surface area contributed by atoms with Crippen molar-refractivity contribution in [2.24, 2.45) is 0 Å². The van der Waals surface area contributed by atoms with Gasteiger partial charge in [0.25, 0.3) is 5.91 Å². The van der Waals surface area contributed by atoms with Crippen LogP contribution in [-0.2, 0) is 22.4 Å². The number of anilines is 1. The van der Waals surface area contributed by atoms with E-state index in [1.165, 1.54) is 36.1 Å². The molecule has 1 aliphatic heterocycles. The Bertz CT molecular complexity index is 611. The Balaban J connectivity index is 1.72. The first-order valence-corrected chi connectivity index (χ1v) is 9.29. The number of carbonyl (C=O) groups is 2. The zero-order valence-electron chi connectivity index (χ0n) is 13.9. The smallest absolute Gasteiger partial charge is 0.341 e. The number of fused-ring (bicyclic) bond motifs is 1. The van der Waals surface area contributed by atoms with Gasteiger partial charge in [0, 0.05) is 4.88 Å². The lowest BCUT2D eigenvalue weighted by Crippen LogP contribution is -3.17. The Kier molecular flexibility index (Phi) is 5.02. The summed E-state index contributed by atoms with van der Waals surface area (Å²) in [5.74, 6) is -0.336. The number of ether oxygens (including phenoxy) is 1. The maximum Gasteiger partial charge on any atom is 0.341 e. The molecule has 1 aliphatic carbocycles. The molecule has 3 rings (SSSR count). The molecule has 126 valence electrons. The maximum absolute atomic E-state index is 12.4. The van der Waals surface area contributed by atoms with Crippen LogP contribution < -0.4 is 10.2 Å². The molecule has 2 atom stereocenters. The van der Waals surface area contributed by atoms with Crippen molar-refractivity contribution in [1.29, 1.82) is 0 Å². The van der Waals surface area contributed by atoms with E-state index in [4.69, 9.17) is 4.74 Å². The number of likely N-dealkylation sites (tertiary alicyclic amines) is 1. The van der Waals surface area contributed by atoms with Gasteiger partial charge in [-0.1, -0.05) is 0 Å². The number of carbonyl (C=O) groups excluding carboxylic acids is 2. The van der Waals surface area contributed by atoms with Crippen LogP contribution in [0.15, 0.2) is 0 Å². The lowest BCUT2D eigenvalue weighted by Gasteiger charge is -2.29. The summed E-state index contributed by atoms with van der Waals surface area (Å²) in [6.07, 6.45) is 6.61. The number of hydrogen-bond acceptors (Lipinski definition) is 4. The number of thiophene rings is 1. The van der Waals surface area contributed by atoms with E-state index < -0.39 is 0 Å². The maximum atomic E-state index is 12.4. The number of piperidine rings is 1. The van der Waals surface area contributed by atoms with E-state index in [2.05, 4.69) is 12.2 Å². The second kappa shape index (κ2) is 7.01. The van der Waals surface area contributed by atoms with Crippen LogP contribution in [0.25, 0.3) is 0 Å². The van der Waals surface area contributed by atoms with Crippen molar-refractivity contribution < 1.29 is 19.2 Å². The number of esters is 1. The molecule has 23 heavy (non-hydrogen) atoms. The van der Waals surface area contributed by atoms with Gasteiger partial charge in [-0.05, 0) is 51.0 Å². The molecule has 1 saturated heterocycles. The lowest BCUT2D eigenvalue weighted by molar-refractivity contribution is -0.920. The third-order valence-electron chi connectivity index (χ3n) is 5.03. The summed E-state index contributed by atoms with van der Waals surface area (Å²) < 4.78 is 4.92. The van der Waals surface area contributed by atoms with E-state index in [1.807, 2.05) is 0 Å². The van der Waals surface area contributed by atoms with Crippen LogP contribution in [0.2, 0.25) is 0 Å². The van der Waals surface area contributed by atoms with Crippen LogP contribution in [0.5, 0.6) is 0 Å². The fourth-order valence-electron chi connectivity index (χ4n) is 3.70. The highest BCUT2D eigenvalue weighted by molar-refractivity contribution is 7.17. The molecule has 0 saturated carbocycles. The second-order valence-electron chi connectivity index (χ2n) is 6.58. The van der Waals surface area contributed by atoms with E-state index in [0.717, 1.165) is 31.4 Å². The van der Waals surface area contributed by atoms with E-state index in [0.29, 0.717) is 23.2 Å². The first kappa shape index (κ1) is 16.5. The van der Waals surface area contributed by atoms with E-state index in [-0.39, 0.29) is 11.9 Å². The predicted molar refractivity (Wildman–Crippen MR) is 90.3 cm³/mol. The van der Waals surface area contributed by atoms with Gasteiger partial charge in [-0.25, -0.2) is 4.79 Å². The fraction of sp³-hybridized carbons (Fsp3) is 0.647. The van der Waals surface area contributed by atoms with Crippen molar-refractivity contribution in [2.75, 3.05) is 25.5 Å². The molecule has 1 unspecified atom stereocenters. The normalized spacial score (nSPS) is 23.4. The van der Waals surface area contributed by atoms with Gasteiger partial charge in [-0.15, -0.1) is 11.3 Å². The molecule has 0 radical (unpaired) electrons. The van der Waals surface area contributed by atoms with E-state index >= 15 is 0 Å². The Hall–Kier alpha value is -1.40. The Morgan fingerprint density at radius 1 is 1.30 bits per heavy atom. The van der Waals surface area contributed by atoms with Crippen molar-refractivity contribution in [2.45, 2.75) is 51.5 Å². The molecule has 2 N–H and O–H groups in total. The summed E-state index contributed by atoms with van der Waals surface area (Å²) in [6.45, 7) is 3.74. The molecule has 0 spiro atoms. The molecule has 1 aromatic heterocycles. The largest absolute Gasteiger partial charge is 0.465 e. The first-order chi connectivity index (χ1) is 11.1. The summed E-state index contributed by atoms with van der Waals surface area (Å²) >= 11 is 1.54. The number of aryl methyl sites for hydroxylation is 1. The molecule has 1 fully saturated rings. The van der Waals surface area contributed by atoms with Crippen molar-refractivity contribution >= 4 is 28.2 Å². The monoisotopic (exact) mass is 337 g/mol. The summed E-state index contributed by atoms with van der Waals surface area (Å²) in [5.41, 5.74) is 1.66. The number of quaternary nitrogens is 1. The van der Waals surface area contributed by atoms with Gasteiger partial charge in [0.05, 0.1) is 25.3 Å². The van der Waals surface area contributed by atoms with Crippen LogP contribution in [0.1, 0.15) is 53.4 Å². The van der Waals surface area contributed by atoms with Gasteiger partial charge in [0.15, 0.2) is 6.54 Å². The minimum atomic E-state index is -0.335. The first-order valence-electron chi connectivity index (χ1n) is 8.47. The van der Waals surface area contributed by atoms with Gasteiger partial charge in [0.1, 0.15) is 5.00 Å². The highest BCUT2D eigenvalue weighted by Crippen LogP contribution is 2.39. The third kappa shape index (κ3) is 3.43. The average molecular weight is 337 g/mol. The van der Waals surface area contributed by atoms with Gasteiger partial charge < -0.3 is 15.0 Å². The van der Waals surface area contributed by atoms with Crippen molar-refractivity contribution in [1.82, 2.24) is 0 Å². The predicted octanol–water partition coefficient (Wildman–Crippen LogP) is 1.42. The molecule has 5 nitrogen and oxygen atoms in total. The van der Waals surface area contributed by atoms with Crippen LogP contribution in [-0.4, -0.2) is 38.1 Å². The quantitative estimate of drug-likeness (QED) is 0.817. The highest BCUT2D eigenvalue weighted by atomic mass is 32.1. The summed E-state index contributed by atoms with van der Waals surface area (Å²) in [5, 5.41) is 3.66. The third-order valence-corrected chi connectivity index (χ3v) is 6.24. The molecule has 0 bridgehead atoms. The van der Waals surface area contributed by atoms with Crippen LogP contribution in [0.4, 0.5) is 5.00 Å². The zero-order chi connectivity index (χ0) is 16.4. The highest BCUT2D eigenvalue weighted by Gasteiger charge is 2.29. The minimum Gasteiger partial charge on any atom is -0.465 e. The van der Waals surface area contributed by atoms with Crippen LogP contribution in [0, 0.1) is 0 Å². The molecular formula is C17H25N2O3S+. The average Bonchev–Trinajstić information content (AvgIpc) is 3.09. The lowest BCUT2D eigenvalue weighted by atomic mass is 10.0. The molecule has 2 aliphatic rings. The molecule has 6 heteroatoms. The number of hydrogen-bond donors (Lipinski definition) is 2. The van der Waals surface area contributed by atoms with Gasteiger partial charge in [-0.2, -0.15) is 0 Å². The van der Waals surface area contributed by atoms with Crippen molar-refractivity contribution in [3.8, 4) is 0 Å². The number of rotatable bonds is 4. The molecular weight excluding hydrogens is 312 g/mol. The van der Waals surface area contributed by atoms with Crippen LogP contribution >= 0.6 is 11.3 Å². The summed E-state index contributed by atoms with van der Waals surface area (Å²) in [4.78, 5) is 27.1. The van der Waals surface area contributed by atoms with Crippen molar-refractivity contribution in [3.05, 3.63) is 16.0 Å². The fourth-order valence-corrected chi connectivity index (χ4v) is 5.00. The standard InChI is InChI=1S/C17H24N2O3S/c1-11-6-3-4-9-19(11)10-14(20)18-16-15(17(21)22-2)12-7-5-8-13(12)23-16/h11H,3-10H2,1-2H3,(H,18,20)/p+1/t11-/m0/s1.